The molecule has 0 unspecified atom stereocenters. The molecule has 0 spiro atoms. The monoisotopic (exact) mass is 249 g/mol. The summed E-state index contributed by atoms with van der Waals surface area (Å²) in [5.41, 5.74) is 1.82. The Kier molecular flexibility index (Phi) is 3.46. The highest BCUT2D eigenvalue weighted by Gasteiger charge is 2.09. The van der Waals surface area contributed by atoms with Crippen LogP contribution in [0, 0.1) is 10.1 Å². The lowest BCUT2D eigenvalue weighted by atomic mass is 10.2. The molecule has 88 valence electrons. The van der Waals surface area contributed by atoms with Crippen LogP contribution in [0.1, 0.15) is 5.69 Å². The molecule has 0 saturated heterocycles. The van der Waals surface area contributed by atoms with Crippen molar-refractivity contribution in [3.63, 3.8) is 0 Å². The molecule has 0 aliphatic carbocycles. The number of nitrogens with one attached hydrogen (secondary N) is 1. The molecule has 1 N–H and O–H groups in total. The van der Waals surface area contributed by atoms with Gasteiger partial charge < -0.3 is 5.32 Å². The van der Waals surface area contributed by atoms with Gasteiger partial charge in [0.1, 0.15) is 5.01 Å². The third-order valence-electron chi connectivity index (χ3n) is 2.21. The number of rotatable bonds is 4. The molecule has 2 aromatic rings. The zero-order valence-corrected chi connectivity index (χ0v) is 10.0. The lowest BCUT2D eigenvalue weighted by molar-refractivity contribution is -0.384. The normalized spacial score (nSPS) is 10.4. The lowest BCUT2D eigenvalue weighted by Crippen LogP contribution is -2.04. The summed E-state index contributed by atoms with van der Waals surface area (Å²) in [6.45, 7) is 0.700. The zero-order valence-electron chi connectivity index (χ0n) is 9.21. The first kappa shape index (κ1) is 11.7. The van der Waals surface area contributed by atoms with E-state index in [0.29, 0.717) is 6.54 Å². The van der Waals surface area contributed by atoms with Crippen molar-refractivity contribution in [3.05, 3.63) is 45.5 Å². The Hall–Kier alpha value is -1.79. The minimum Gasteiger partial charge on any atom is -0.314 e. The van der Waals surface area contributed by atoms with E-state index in [2.05, 4.69) is 10.3 Å². The van der Waals surface area contributed by atoms with E-state index in [-0.39, 0.29) is 5.69 Å². The summed E-state index contributed by atoms with van der Waals surface area (Å²) in [6.07, 6.45) is 0. The van der Waals surface area contributed by atoms with Crippen molar-refractivity contribution < 1.29 is 4.92 Å². The van der Waals surface area contributed by atoms with Gasteiger partial charge in [-0.2, -0.15) is 0 Å². The first-order valence-electron chi connectivity index (χ1n) is 5.04. The Morgan fingerprint density at radius 2 is 2.35 bits per heavy atom. The van der Waals surface area contributed by atoms with E-state index >= 15 is 0 Å². The second-order valence-corrected chi connectivity index (χ2v) is 4.34. The number of nitro benzene ring substituents is 1. The van der Waals surface area contributed by atoms with Crippen molar-refractivity contribution in [2.75, 3.05) is 7.05 Å². The van der Waals surface area contributed by atoms with Crippen LogP contribution in [-0.4, -0.2) is 17.0 Å². The number of nitrogens with zero attached hydrogens (tertiary/aromatic N) is 2. The van der Waals surface area contributed by atoms with Crippen LogP contribution in [-0.2, 0) is 6.54 Å². The van der Waals surface area contributed by atoms with E-state index in [1.807, 2.05) is 18.5 Å². The molecular weight excluding hydrogens is 238 g/mol. The van der Waals surface area contributed by atoms with Crippen molar-refractivity contribution in [2.24, 2.45) is 0 Å². The third kappa shape index (κ3) is 2.66. The summed E-state index contributed by atoms with van der Waals surface area (Å²) >= 11 is 1.49. The Labute approximate surface area is 102 Å². The van der Waals surface area contributed by atoms with Gasteiger partial charge in [-0.05, 0) is 7.05 Å². The van der Waals surface area contributed by atoms with E-state index in [1.165, 1.54) is 17.4 Å². The molecule has 0 atom stereocenters. The summed E-state index contributed by atoms with van der Waals surface area (Å²) in [5.74, 6) is 0. The lowest BCUT2D eigenvalue weighted by Gasteiger charge is -1.96. The molecule has 1 heterocycles. The predicted molar refractivity (Wildman–Crippen MR) is 67.0 cm³/mol. The van der Waals surface area contributed by atoms with Gasteiger partial charge >= 0.3 is 0 Å². The standard InChI is InChI=1S/C11H11N3O2S/c1-12-6-9-7-17-11(13-9)8-3-2-4-10(5-8)14(15)16/h2-5,7,12H,6H2,1H3. The minimum atomic E-state index is -0.397. The molecule has 0 fully saturated rings. The van der Waals surface area contributed by atoms with Gasteiger partial charge in [-0.15, -0.1) is 11.3 Å². The highest BCUT2D eigenvalue weighted by Crippen LogP contribution is 2.26. The van der Waals surface area contributed by atoms with Crippen LogP contribution in [0.25, 0.3) is 10.6 Å². The fourth-order valence-electron chi connectivity index (χ4n) is 1.45. The predicted octanol–water partition coefficient (Wildman–Crippen LogP) is 2.44. The number of hydrogen-bond donors (Lipinski definition) is 1. The Morgan fingerprint density at radius 3 is 3.06 bits per heavy atom. The molecule has 1 aromatic carbocycles. The summed E-state index contributed by atoms with van der Waals surface area (Å²) < 4.78 is 0. The molecule has 0 aliphatic heterocycles. The molecule has 0 radical (unpaired) electrons. The maximum Gasteiger partial charge on any atom is 0.270 e. The highest BCUT2D eigenvalue weighted by molar-refractivity contribution is 7.13. The average Bonchev–Trinajstić information content (AvgIpc) is 2.78. The van der Waals surface area contributed by atoms with Crippen molar-refractivity contribution >= 4 is 17.0 Å². The SMILES string of the molecule is CNCc1csc(-c2cccc([N+](=O)[O-])c2)n1. The summed E-state index contributed by atoms with van der Waals surface area (Å²) in [7, 11) is 1.85. The van der Waals surface area contributed by atoms with Crippen LogP contribution >= 0.6 is 11.3 Å². The second kappa shape index (κ2) is 5.03. The topological polar surface area (TPSA) is 68.1 Å². The van der Waals surface area contributed by atoms with Crippen molar-refractivity contribution in [3.8, 4) is 10.6 Å². The Bertz CT molecular complexity index is 539. The quantitative estimate of drug-likeness (QED) is 0.667. The van der Waals surface area contributed by atoms with Gasteiger partial charge in [-0.25, -0.2) is 4.98 Å². The Balaban J connectivity index is 2.32. The number of non-ortho nitro benzene ring substituents is 1. The third-order valence-corrected chi connectivity index (χ3v) is 3.15. The van der Waals surface area contributed by atoms with Gasteiger partial charge in [0.15, 0.2) is 0 Å². The number of hydrogen-bond acceptors (Lipinski definition) is 5. The first-order chi connectivity index (χ1) is 8.20. The number of thiazole rings is 1. The number of aromatic nitrogens is 1. The highest BCUT2D eigenvalue weighted by atomic mass is 32.1. The summed E-state index contributed by atoms with van der Waals surface area (Å²) in [4.78, 5) is 14.7. The summed E-state index contributed by atoms with van der Waals surface area (Å²) in [6, 6.07) is 6.52. The van der Waals surface area contributed by atoms with Gasteiger partial charge in [0, 0.05) is 29.6 Å². The van der Waals surface area contributed by atoms with Crippen LogP contribution in [0.4, 0.5) is 5.69 Å². The molecule has 0 saturated carbocycles. The van der Waals surface area contributed by atoms with Crippen LogP contribution in [0.2, 0.25) is 0 Å². The molecule has 0 aliphatic rings. The molecule has 0 bridgehead atoms. The van der Waals surface area contributed by atoms with Gasteiger partial charge in [0.05, 0.1) is 10.6 Å². The number of benzene rings is 1. The van der Waals surface area contributed by atoms with Gasteiger partial charge in [0.25, 0.3) is 5.69 Å². The van der Waals surface area contributed by atoms with E-state index in [9.17, 15) is 10.1 Å². The fourth-order valence-corrected chi connectivity index (χ4v) is 2.27. The molecular formula is C11H11N3O2S. The van der Waals surface area contributed by atoms with E-state index in [0.717, 1.165) is 16.3 Å². The average molecular weight is 249 g/mol. The maximum absolute atomic E-state index is 10.7. The molecule has 17 heavy (non-hydrogen) atoms. The van der Waals surface area contributed by atoms with Crippen LogP contribution in [0.15, 0.2) is 29.6 Å². The van der Waals surface area contributed by atoms with Crippen molar-refractivity contribution in [2.45, 2.75) is 6.54 Å². The van der Waals surface area contributed by atoms with Gasteiger partial charge in [-0.3, -0.25) is 10.1 Å². The largest absolute Gasteiger partial charge is 0.314 e. The van der Waals surface area contributed by atoms with Gasteiger partial charge in [-0.1, -0.05) is 12.1 Å². The fraction of sp³-hybridized carbons (Fsp3) is 0.182. The first-order valence-corrected chi connectivity index (χ1v) is 5.92. The molecule has 2 rings (SSSR count). The summed E-state index contributed by atoms with van der Waals surface area (Å²) in [5, 5.41) is 16.4. The van der Waals surface area contributed by atoms with Crippen molar-refractivity contribution in [1.82, 2.24) is 10.3 Å². The smallest absolute Gasteiger partial charge is 0.270 e. The molecule has 6 heteroatoms. The van der Waals surface area contributed by atoms with E-state index in [4.69, 9.17) is 0 Å². The van der Waals surface area contributed by atoms with Crippen LogP contribution in [0.3, 0.4) is 0 Å². The van der Waals surface area contributed by atoms with E-state index < -0.39 is 4.92 Å². The second-order valence-electron chi connectivity index (χ2n) is 3.48. The van der Waals surface area contributed by atoms with Crippen LogP contribution < -0.4 is 5.32 Å². The van der Waals surface area contributed by atoms with Crippen molar-refractivity contribution in [1.29, 1.82) is 0 Å². The van der Waals surface area contributed by atoms with Crippen LogP contribution in [0.5, 0.6) is 0 Å². The molecule has 1 aromatic heterocycles. The van der Waals surface area contributed by atoms with Gasteiger partial charge in [0.2, 0.25) is 0 Å². The molecule has 5 nitrogen and oxygen atoms in total. The zero-order chi connectivity index (χ0) is 12.3. The Morgan fingerprint density at radius 1 is 1.53 bits per heavy atom. The molecule has 0 amide bonds. The maximum atomic E-state index is 10.7. The minimum absolute atomic E-state index is 0.0906. The number of nitro groups is 1. The van der Waals surface area contributed by atoms with E-state index in [1.54, 1.807) is 12.1 Å².